The molecule has 0 bridgehead atoms. The summed E-state index contributed by atoms with van der Waals surface area (Å²) in [5.41, 5.74) is 0. The SMILES string of the molecule is CC(C)NCc1sccc1S(=O)(=O)N1CCCCC1C. The molecule has 0 amide bonds. The Kier molecular flexibility index (Phi) is 5.23. The Balaban J connectivity index is 2.23. The van der Waals surface area contributed by atoms with Crippen LogP contribution in [0, 0.1) is 0 Å². The Morgan fingerprint density at radius 1 is 1.45 bits per heavy atom. The summed E-state index contributed by atoms with van der Waals surface area (Å²) in [6.45, 7) is 7.40. The number of thiophene rings is 1. The van der Waals surface area contributed by atoms with Crippen molar-refractivity contribution in [3.05, 3.63) is 16.3 Å². The molecule has 1 aliphatic heterocycles. The van der Waals surface area contributed by atoms with Crippen LogP contribution in [0.1, 0.15) is 44.9 Å². The zero-order chi connectivity index (χ0) is 14.8. The summed E-state index contributed by atoms with van der Waals surface area (Å²) in [5.74, 6) is 0. The van der Waals surface area contributed by atoms with E-state index < -0.39 is 10.0 Å². The topological polar surface area (TPSA) is 49.4 Å². The van der Waals surface area contributed by atoms with E-state index >= 15 is 0 Å². The van der Waals surface area contributed by atoms with Gasteiger partial charge in [0, 0.05) is 30.1 Å². The molecule has 1 N–H and O–H groups in total. The first kappa shape index (κ1) is 15.9. The van der Waals surface area contributed by atoms with E-state index in [1.54, 1.807) is 10.4 Å². The van der Waals surface area contributed by atoms with Gasteiger partial charge < -0.3 is 5.32 Å². The number of nitrogens with zero attached hydrogens (tertiary/aromatic N) is 1. The second kappa shape index (κ2) is 6.56. The minimum absolute atomic E-state index is 0.111. The molecule has 4 nitrogen and oxygen atoms in total. The molecule has 1 unspecified atom stereocenters. The zero-order valence-electron chi connectivity index (χ0n) is 12.4. The molecule has 2 rings (SSSR count). The molecular formula is C14H24N2O2S2. The van der Waals surface area contributed by atoms with Crippen molar-refractivity contribution in [3.63, 3.8) is 0 Å². The molecular weight excluding hydrogens is 292 g/mol. The standard InChI is InChI=1S/C14H24N2O2S2/c1-11(2)15-10-13-14(7-9-19-13)20(17,18)16-8-5-4-6-12(16)3/h7,9,11-12,15H,4-6,8,10H2,1-3H3. The highest BCUT2D eigenvalue weighted by Gasteiger charge is 2.32. The molecule has 0 saturated carbocycles. The van der Waals surface area contributed by atoms with E-state index in [4.69, 9.17) is 0 Å². The molecule has 1 fully saturated rings. The Hall–Kier alpha value is -0.430. The van der Waals surface area contributed by atoms with Crippen molar-refractivity contribution in [1.29, 1.82) is 0 Å². The van der Waals surface area contributed by atoms with Crippen molar-refractivity contribution in [2.75, 3.05) is 6.54 Å². The van der Waals surface area contributed by atoms with Gasteiger partial charge in [-0.15, -0.1) is 11.3 Å². The maximum absolute atomic E-state index is 12.8. The average Bonchev–Trinajstić information content (AvgIpc) is 2.85. The third-order valence-corrected chi connectivity index (χ3v) is 6.85. The average molecular weight is 316 g/mol. The van der Waals surface area contributed by atoms with Gasteiger partial charge in [-0.2, -0.15) is 4.31 Å². The van der Waals surface area contributed by atoms with E-state index in [0.717, 1.165) is 24.1 Å². The molecule has 0 aliphatic carbocycles. The number of rotatable bonds is 5. The van der Waals surface area contributed by atoms with Crippen LogP contribution in [0.3, 0.4) is 0 Å². The van der Waals surface area contributed by atoms with Gasteiger partial charge in [-0.25, -0.2) is 8.42 Å². The fourth-order valence-corrected chi connectivity index (χ4v) is 5.61. The monoisotopic (exact) mass is 316 g/mol. The largest absolute Gasteiger partial charge is 0.310 e. The smallest absolute Gasteiger partial charge is 0.244 e. The highest BCUT2D eigenvalue weighted by atomic mass is 32.2. The molecule has 1 aliphatic rings. The van der Waals surface area contributed by atoms with Gasteiger partial charge in [0.2, 0.25) is 10.0 Å². The van der Waals surface area contributed by atoms with Gasteiger partial charge in [0.25, 0.3) is 0 Å². The number of piperidine rings is 1. The van der Waals surface area contributed by atoms with Crippen molar-refractivity contribution >= 4 is 21.4 Å². The van der Waals surface area contributed by atoms with Gasteiger partial charge in [-0.1, -0.05) is 20.3 Å². The van der Waals surface area contributed by atoms with E-state index in [9.17, 15) is 8.42 Å². The summed E-state index contributed by atoms with van der Waals surface area (Å²) in [4.78, 5) is 1.40. The van der Waals surface area contributed by atoms with Crippen LogP contribution in [0.25, 0.3) is 0 Å². The van der Waals surface area contributed by atoms with Gasteiger partial charge in [-0.3, -0.25) is 0 Å². The van der Waals surface area contributed by atoms with E-state index in [1.807, 2.05) is 12.3 Å². The number of nitrogens with one attached hydrogen (secondary N) is 1. The zero-order valence-corrected chi connectivity index (χ0v) is 14.1. The Morgan fingerprint density at radius 2 is 2.20 bits per heavy atom. The lowest BCUT2D eigenvalue weighted by Gasteiger charge is -2.32. The highest BCUT2D eigenvalue weighted by Crippen LogP contribution is 2.29. The summed E-state index contributed by atoms with van der Waals surface area (Å²) in [7, 11) is -3.34. The van der Waals surface area contributed by atoms with Crippen molar-refractivity contribution in [3.8, 4) is 0 Å². The molecule has 0 aromatic carbocycles. The first-order valence-electron chi connectivity index (χ1n) is 7.24. The summed E-state index contributed by atoms with van der Waals surface area (Å²) < 4.78 is 27.3. The first-order chi connectivity index (χ1) is 9.43. The second-order valence-corrected chi connectivity index (χ2v) is 8.56. The van der Waals surface area contributed by atoms with Crippen LogP contribution >= 0.6 is 11.3 Å². The molecule has 0 spiro atoms. The van der Waals surface area contributed by atoms with Gasteiger partial charge in [0.1, 0.15) is 0 Å². The predicted octanol–water partition coefficient (Wildman–Crippen LogP) is 2.81. The molecule has 114 valence electrons. The normalized spacial score (nSPS) is 21.5. The van der Waals surface area contributed by atoms with Crippen LogP contribution in [0.4, 0.5) is 0 Å². The molecule has 6 heteroatoms. The molecule has 1 aromatic rings. The van der Waals surface area contributed by atoms with E-state index in [-0.39, 0.29) is 6.04 Å². The maximum Gasteiger partial charge on any atom is 0.244 e. The number of hydrogen-bond donors (Lipinski definition) is 1. The number of hydrogen-bond acceptors (Lipinski definition) is 4. The van der Waals surface area contributed by atoms with Gasteiger partial charge in [0.15, 0.2) is 0 Å². The fraction of sp³-hybridized carbons (Fsp3) is 0.714. The van der Waals surface area contributed by atoms with Crippen LogP contribution in [-0.2, 0) is 16.6 Å². The lowest BCUT2D eigenvalue weighted by molar-refractivity contribution is 0.268. The van der Waals surface area contributed by atoms with Crippen LogP contribution in [0.15, 0.2) is 16.3 Å². The minimum Gasteiger partial charge on any atom is -0.310 e. The highest BCUT2D eigenvalue weighted by molar-refractivity contribution is 7.89. The van der Waals surface area contributed by atoms with Crippen molar-refractivity contribution in [1.82, 2.24) is 9.62 Å². The summed E-state index contributed by atoms with van der Waals surface area (Å²) in [6.07, 6.45) is 3.05. The molecule has 20 heavy (non-hydrogen) atoms. The van der Waals surface area contributed by atoms with Gasteiger partial charge >= 0.3 is 0 Å². The lowest BCUT2D eigenvalue weighted by atomic mass is 10.1. The maximum atomic E-state index is 12.8. The van der Waals surface area contributed by atoms with Gasteiger partial charge in [0.05, 0.1) is 4.90 Å². The Morgan fingerprint density at radius 3 is 2.85 bits per heavy atom. The first-order valence-corrected chi connectivity index (χ1v) is 9.56. The second-order valence-electron chi connectivity index (χ2n) is 5.70. The summed E-state index contributed by atoms with van der Waals surface area (Å²) in [5, 5.41) is 5.18. The lowest BCUT2D eigenvalue weighted by Crippen LogP contribution is -2.42. The van der Waals surface area contributed by atoms with Crippen LogP contribution in [0.5, 0.6) is 0 Å². The van der Waals surface area contributed by atoms with Crippen molar-refractivity contribution < 1.29 is 8.42 Å². The van der Waals surface area contributed by atoms with Crippen LogP contribution in [0.2, 0.25) is 0 Å². The predicted molar refractivity (Wildman–Crippen MR) is 83.5 cm³/mol. The molecule has 1 aromatic heterocycles. The third-order valence-electron chi connectivity index (χ3n) is 3.70. The van der Waals surface area contributed by atoms with E-state index in [2.05, 4.69) is 19.2 Å². The van der Waals surface area contributed by atoms with E-state index in [0.29, 0.717) is 24.0 Å². The van der Waals surface area contributed by atoms with E-state index in [1.165, 1.54) is 11.3 Å². The summed E-state index contributed by atoms with van der Waals surface area (Å²) in [6, 6.07) is 2.21. The Labute approximate surface area is 126 Å². The van der Waals surface area contributed by atoms with Crippen molar-refractivity contribution in [2.24, 2.45) is 0 Å². The molecule has 0 radical (unpaired) electrons. The van der Waals surface area contributed by atoms with Crippen LogP contribution in [-0.4, -0.2) is 31.4 Å². The van der Waals surface area contributed by atoms with Crippen LogP contribution < -0.4 is 5.32 Å². The van der Waals surface area contributed by atoms with Crippen molar-refractivity contribution in [2.45, 2.75) is 63.6 Å². The molecule has 1 atom stereocenters. The number of sulfonamides is 1. The molecule has 1 saturated heterocycles. The minimum atomic E-state index is -3.34. The fourth-order valence-electron chi connectivity index (χ4n) is 2.54. The summed E-state index contributed by atoms with van der Waals surface area (Å²) >= 11 is 1.52. The third kappa shape index (κ3) is 3.42. The van der Waals surface area contributed by atoms with Gasteiger partial charge in [-0.05, 0) is 31.2 Å². The molecule has 2 heterocycles. The quantitative estimate of drug-likeness (QED) is 0.909. The Bertz CT molecular complexity index is 537.